The number of carbonyl (C=O) groups excluding carboxylic acids is 1. The first-order valence-corrected chi connectivity index (χ1v) is 9.00. The summed E-state index contributed by atoms with van der Waals surface area (Å²) in [6, 6.07) is 7.98. The van der Waals surface area contributed by atoms with E-state index in [1.807, 2.05) is 44.4 Å². The Kier molecular flexibility index (Phi) is 7.24. The van der Waals surface area contributed by atoms with E-state index in [1.165, 1.54) is 0 Å². The molecule has 0 atom stereocenters. The smallest absolute Gasteiger partial charge is 0.246 e. The molecule has 1 heterocycles. The molecule has 0 N–H and O–H groups in total. The van der Waals surface area contributed by atoms with Crippen molar-refractivity contribution in [3.63, 3.8) is 0 Å². The van der Waals surface area contributed by atoms with Crippen LogP contribution in [0.4, 0.5) is 0 Å². The normalized spacial score (nSPS) is 11.7. The Morgan fingerprint density at radius 2 is 2.00 bits per heavy atom. The topological polar surface area (TPSA) is 32.8 Å². The number of thiophene rings is 1. The average Bonchev–Trinajstić information content (AvgIpc) is 2.89. The molecule has 0 aliphatic carbocycles. The lowest BCUT2D eigenvalue weighted by molar-refractivity contribution is -0.126. The lowest BCUT2D eigenvalue weighted by atomic mass is 10.2. The van der Waals surface area contributed by atoms with E-state index in [1.54, 1.807) is 29.4 Å². The van der Waals surface area contributed by atoms with Crippen LogP contribution in [0.1, 0.15) is 4.88 Å². The summed E-state index contributed by atoms with van der Waals surface area (Å²) in [5.74, 6) is -0.0255. The highest BCUT2D eigenvalue weighted by Crippen LogP contribution is 2.35. The third kappa shape index (κ3) is 5.05. The molecule has 1 aromatic heterocycles. The van der Waals surface area contributed by atoms with Crippen molar-refractivity contribution in [1.29, 1.82) is 0 Å². The Morgan fingerprint density at radius 1 is 1.25 bits per heavy atom. The number of halogens is 1. The molecule has 0 aliphatic rings. The number of fused-ring (bicyclic) bond motifs is 1. The maximum Gasteiger partial charge on any atom is 0.246 e. The summed E-state index contributed by atoms with van der Waals surface area (Å²) in [5, 5.41) is 1.73. The summed E-state index contributed by atoms with van der Waals surface area (Å²) in [6.07, 6.45) is 3.41. The van der Waals surface area contributed by atoms with Gasteiger partial charge >= 0.3 is 0 Å². The highest BCUT2D eigenvalue weighted by atomic mass is 35.5. The zero-order valence-electron chi connectivity index (χ0n) is 14.3. The summed E-state index contributed by atoms with van der Waals surface area (Å²) in [7, 11) is 5.62. The van der Waals surface area contributed by atoms with Gasteiger partial charge in [-0.3, -0.25) is 4.79 Å². The second-order valence-corrected chi connectivity index (χ2v) is 7.19. The first-order chi connectivity index (χ1) is 11.5. The van der Waals surface area contributed by atoms with Crippen molar-refractivity contribution >= 4 is 45.0 Å². The van der Waals surface area contributed by atoms with Gasteiger partial charge in [0.2, 0.25) is 5.91 Å². The van der Waals surface area contributed by atoms with Crippen LogP contribution in [-0.2, 0) is 9.53 Å². The van der Waals surface area contributed by atoms with Gasteiger partial charge in [-0.05, 0) is 26.2 Å². The Balaban J connectivity index is 2.11. The Bertz CT molecular complexity index is 712. The quantitative estimate of drug-likeness (QED) is 0.669. The van der Waals surface area contributed by atoms with Crippen LogP contribution in [-0.4, -0.2) is 63.2 Å². The Morgan fingerprint density at radius 3 is 2.67 bits per heavy atom. The highest BCUT2D eigenvalue weighted by molar-refractivity contribution is 7.20. The standard InChI is InChI=1S/C18H23ClN2O2S/c1-20(2)10-11-21(12-13-23-3)17(22)9-8-16-18(19)14-6-4-5-7-15(14)24-16/h4-9H,10-13H2,1-3H3/b9-8+. The van der Waals surface area contributed by atoms with Crippen LogP contribution in [0.3, 0.4) is 0 Å². The van der Waals surface area contributed by atoms with E-state index in [0.29, 0.717) is 24.7 Å². The van der Waals surface area contributed by atoms with Gasteiger partial charge in [0.25, 0.3) is 0 Å². The predicted octanol–water partition coefficient (Wildman–Crippen LogP) is 3.60. The van der Waals surface area contributed by atoms with Crippen molar-refractivity contribution in [2.75, 3.05) is 47.4 Å². The molecule has 2 rings (SSSR count). The van der Waals surface area contributed by atoms with Gasteiger partial charge in [-0.15, -0.1) is 11.3 Å². The monoisotopic (exact) mass is 366 g/mol. The van der Waals surface area contributed by atoms with E-state index in [2.05, 4.69) is 4.90 Å². The number of likely N-dealkylation sites (N-methyl/N-ethyl adjacent to an activating group) is 1. The molecule has 0 saturated carbocycles. The minimum atomic E-state index is -0.0255. The van der Waals surface area contributed by atoms with Crippen LogP contribution in [0.15, 0.2) is 30.3 Å². The van der Waals surface area contributed by atoms with E-state index in [0.717, 1.165) is 21.5 Å². The third-order valence-corrected chi connectivity index (χ3v) is 5.29. The van der Waals surface area contributed by atoms with Crippen LogP contribution >= 0.6 is 22.9 Å². The predicted molar refractivity (Wildman–Crippen MR) is 103 cm³/mol. The van der Waals surface area contributed by atoms with Gasteiger partial charge in [-0.2, -0.15) is 0 Å². The second kappa shape index (κ2) is 9.18. The van der Waals surface area contributed by atoms with Crippen LogP contribution in [0.2, 0.25) is 5.02 Å². The van der Waals surface area contributed by atoms with Crippen molar-refractivity contribution in [1.82, 2.24) is 9.80 Å². The lowest BCUT2D eigenvalue weighted by Crippen LogP contribution is -2.37. The fourth-order valence-corrected chi connectivity index (χ4v) is 3.65. The number of carbonyl (C=O) groups is 1. The molecule has 130 valence electrons. The van der Waals surface area contributed by atoms with Crippen LogP contribution in [0.5, 0.6) is 0 Å². The molecule has 4 nitrogen and oxygen atoms in total. The summed E-state index contributed by atoms with van der Waals surface area (Å²) in [5.41, 5.74) is 0. The van der Waals surface area contributed by atoms with Crippen LogP contribution in [0.25, 0.3) is 16.2 Å². The number of hydrogen-bond acceptors (Lipinski definition) is 4. The number of methoxy groups -OCH3 is 1. The molecule has 0 aliphatic heterocycles. The van der Waals surface area contributed by atoms with E-state index in [-0.39, 0.29) is 5.91 Å². The first-order valence-electron chi connectivity index (χ1n) is 7.80. The van der Waals surface area contributed by atoms with Crippen molar-refractivity contribution in [3.8, 4) is 0 Å². The largest absolute Gasteiger partial charge is 0.383 e. The van der Waals surface area contributed by atoms with Gasteiger partial charge in [-0.1, -0.05) is 29.8 Å². The molecule has 0 bridgehead atoms. The SMILES string of the molecule is COCCN(CCN(C)C)C(=O)/C=C/c1sc2ccccc2c1Cl. The number of hydrogen-bond donors (Lipinski definition) is 0. The average molecular weight is 367 g/mol. The fraction of sp³-hybridized carbons (Fsp3) is 0.389. The maximum atomic E-state index is 12.5. The molecular formula is C18H23ClN2O2S. The van der Waals surface area contributed by atoms with Crippen molar-refractivity contribution in [3.05, 3.63) is 40.2 Å². The van der Waals surface area contributed by atoms with E-state index < -0.39 is 0 Å². The van der Waals surface area contributed by atoms with E-state index >= 15 is 0 Å². The van der Waals surface area contributed by atoms with Crippen molar-refractivity contribution < 1.29 is 9.53 Å². The molecule has 6 heteroatoms. The zero-order chi connectivity index (χ0) is 17.5. The molecular weight excluding hydrogens is 344 g/mol. The number of ether oxygens (including phenoxy) is 1. The maximum absolute atomic E-state index is 12.5. The van der Waals surface area contributed by atoms with Crippen molar-refractivity contribution in [2.24, 2.45) is 0 Å². The molecule has 0 spiro atoms. The van der Waals surface area contributed by atoms with Gasteiger partial charge in [0.15, 0.2) is 0 Å². The minimum absolute atomic E-state index is 0.0255. The molecule has 0 saturated heterocycles. The molecule has 24 heavy (non-hydrogen) atoms. The first kappa shape index (κ1) is 18.9. The van der Waals surface area contributed by atoms with E-state index in [9.17, 15) is 4.79 Å². The highest BCUT2D eigenvalue weighted by Gasteiger charge is 2.12. The lowest BCUT2D eigenvalue weighted by Gasteiger charge is -2.22. The molecule has 1 aromatic carbocycles. The van der Waals surface area contributed by atoms with Gasteiger partial charge in [0.05, 0.1) is 11.6 Å². The van der Waals surface area contributed by atoms with Gasteiger partial charge < -0.3 is 14.5 Å². The summed E-state index contributed by atoms with van der Waals surface area (Å²) >= 11 is 8.01. The number of rotatable bonds is 8. The van der Waals surface area contributed by atoms with Crippen molar-refractivity contribution in [2.45, 2.75) is 0 Å². The van der Waals surface area contributed by atoms with Crippen LogP contribution < -0.4 is 0 Å². The van der Waals surface area contributed by atoms with Crippen LogP contribution in [0, 0.1) is 0 Å². The van der Waals surface area contributed by atoms with Gasteiger partial charge in [-0.25, -0.2) is 0 Å². The molecule has 2 aromatic rings. The van der Waals surface area contributed by atoms with E-state index in [4.69, 9.17) is 16.3 Å². The molecule has 1 amide bonds. The zero-order valence-corrected chi connectivity index (χ0v) is 15.9. The Hall–Kier alpha value is -1.40. The molecule has 0 fully saturated rings. The number of benzene rings is 1. The van der Waals surface area contributed by atoms with Gasteiger partial charge in [0, 0.05) is 47.8 Å². The minimum Gasteiger partial charge on any atom is -0.383 e. The second-order valence-electron chi connectivity index (χ2n) is 5.73. The molecule has 0 unspecified atom stereocenters. The van der Waals surface area contributed by atoms with Gasteiger partial charge in [0.1, 0.15) is 0 Å². The Labute approximate surface area is 152 Å². The molecule has 0 radical (unpaired) electrons. The number of amides is 1. The fourth-order valence-electron chi connectivity index (χ4n) is 2.25. The number of nitrogens with zero attached hydrogens (tertiary/aromatic N) is 2. The summed E-state index contributed by atoms with van der Waals surface area (Å²) in [6.45, 7) is 2.58. The summed E-state index contributed by atoms with van der Waals surface area (Å²) < 4.78 is 6.22. The summed E-state index contributed by atoms with van der Waals surface area (Å²) in [4.78, 5) is 17.2. The third-order valence-electron chi connectivity index (χ3n) is 3.63.